The molecule has 0 aliphatic heterocycles. The van der Waals surface area contributed by atoms with Crippen molar-refractivity contribution in [1.29, 1.82) is 0 Å². The van der Waals surface area contributed by atoms with Gasteiger partial charge < -0.3 is 10.6 Å². The Bertz CT molecular complexity index is 479. The second-order valence-corrected chi connectivity index (χ2v) is 4.37. The summed E-state index contributed by atoms with van der Waals surface area (Å²) in [7, 11) is 0. The lowest BCUT2D eigenvalue weighted by Gasteiger charge is -2.23. The van der Waals surface area contributed by atoms with Crippen molar-refractivity contribution < 1.29 is 0 Å². The van der Waals surface area contributed by atoms with Crippen molar-refractivity contribution in [3.8, 4) is 0 Å². The molecule has 0 saturated heterocycles. The molecule has 0 saturated carbocycles. The van der Waals surface area contributed by atoms with E-state index < -0.39 is 0 Å². The van der Waals surface area contributed by atoms with E-state index in [-0.39, 0.29) is 0 Å². The highest BCUT2D eigenvalue weighted by Gasteiger charge is 2.04. The topological polar surface area (TPSA) is 29.3 Å². The molecule has 2 heteroatoms. The molecule has 2 N–H and O–H groups in total. The van der Waals surface area contributed by atoms with Gasteiger partial charge in [0.05, 0.1) is 0 Å². The average molecular weight is 240 g/mol. The summed E-state index contributed by atoms with van der Waals surface area (Å²) >= 11 is 0. The fraction of sp³-hybridized carbons (Fsp3) is 0.250. The van der Waals surface area contributed by atoms with Crippen LogP contribution in [0.25, 0.3) is 0 Å². The van der Waals surface area contributed by atoms with Gasteiger partial charge >= 0.3 is 0 Å². The van der Waals surface area contributed by atoms with Crippen LogP contribution in [0.15, 0.2) is 54.6 Å². The van der Waals surface area contributed by atoms with Crippen LogP contribution in [-0.2, 0) is 13.1 Å². The molecule has 0 heterocycles. The van der Waals surface area contributed by atoms with Crippen LogP contribution in [-0.4, -0.2) is 6.54 Å². The second kappa shape index (κ2) is 6.22. The maximum atomic E-state index is 5.68. The van der Waals surface area contributed by atoms with Crippen molar-refractivity contribution in [2.75, 3.05) is 11.4 Å². The molecule has 18 heavy (non-hydrogen) atoms. The zero-order valence-corrected chi connectivity index (χ0v) is 10.8. The molecule has 0 radical (unpaired) electrons. The van der Waals surface area contributed by atoms with Crippen LogP contribution in [0, 0.1) is 0 Å². The van der Waals surface area contributed by atoms with Crippen molar-refractivity contribution >= 4 is 5.69 Å². The molecule has 2 nitrogen and oxygen atoms in total. The second-order valence-electron chi connectivity index (χ2n) is 4.37. The predicted octanol–water partition coefficient (Wildman–Crippen LogP) is 3.17. The summed E-state index contributed by atoms with van der Waals surface area (Å²) in [6, 6.07) is 19.0. The predicted molar refractivity (Wildman–Crippen MR) is 77.5 cm³/mol. The number of para-hydroxylation sites is 1. The Morgan fingerprint density at radius 1 is 0.944 bits per heavy atom. The van der Waals surface area contributed by atoms with E-state index in [4.69, 9.17) is 5.73 Å². The van der Waals surface area contributed by atoms with Crippen LogP contribution >= 0.6 is 0 Å². The molecule has 0 atom stereocenters. The molecular weight excluding hydrogens is 220 g/mol. The van der Waals surface area contributed by atoms with E-state index in [1.807, 2.05) is 6.07 Å². The van der Waals surface area contributed by atoms with Gasteiger partial charge in [-0.25, -0.2) is 0 Å². The molecule has 0 aliphatic carbocycles. The Morgan fingerprint density at radius 3 is 2.33 bits per heavy atom. The summed E-state index contributed by atoms with van der Waals surface area (Å²) in [5.41, 5.74) is 9.44. The first-order chi connectivity index (χ1) is 8.83. The SMILES string of the molecule is CCN(Cc1cccc(CN)c1)c1ccccc1. The molecule has 2 rings (SSSR count). The van der Waals surface area contributed by atoms with Crippen LogP contribution in [0.5, 0.6) is 0 Å². The zero-order chi connectivity index (χ0) is 12.8. The first-order valence-corrected chi connectivity index (χ1v) is 6.41. The zero-order valence-electron chi connectivity index (χ0n) is 10.8. The lowest BCUT2D eigenvalue weighted by atomic mass is 10.1. The first-order valence-electron chi connectivity index (χ1n) is 6.41. The highest BCUT2D eigenvalue weighted by atomic mass is 15.1. The van der Waals surface area contributed by atoms with Crippen LogP contribution in [0.1, 0.15) is 18.1 Å². The van der Waals surface area contributed by atoms with Crippen LogP contribution < -0.4 is 10.6 Å². The molecule has 0 amide bonds. The van der Waals surface area contributed by atoms with Crippen LogP contribution in [0.3, 0.4) is 0 Å². The molecule has 2 aromatic rings. The van der Waals surface area contributed by atoms with Crippen molar-refractivity contribution in [3.63, 3.8) is 0 Å². The van der Waals surface area contributed by atoms with Crippen molar-refractivity contribution in [2.24, 2.45) is 5.73 Å². The Hall–Kier alpha value is -1.80. The van der Waals surface area contributed by atoms with Gasteiger partial charge in [-0.15, -0.1) is 0 Å². The van der Waals surface area contributed by atoms with Gasteiger partial charge in [-0.1, -0.05) is 42.5 Å². The molecule has 0 unspecified atom stereocenters. The third-order valence-corrected chi connectivity index (χ3v) is 3.10. The molecule has 0 aliphatic rings. The minimum Gasteiger partial charge on any atom is -0.367 e. The molecule has 0 fully saturated rings. The number of nitrogens with two attached hydrogens (primary N) is 1. The molecule has 0 bridgehead atoms. The highest BCUT2D eigenvalue weighted by molar-refractivity contribution is 5.46. The van der Waals surface area contributed by atoms with Crippen LogP contribution in [0.2, 0.25) is 0 Å². The monoisotopic (exact) mass is 240 g/mol. The Kier molecular flexibility index (Phi) is 4.37. The summed E-state index contributed by atoms with van der Waals surface area (Å²) in [6.07, 6.45) is 0. The summed E-state index contributed by atoms with van der Waals surface area (Å²) in [6.45, 7) is 4.70. The first kappa shape index (κ1) is 12.7. The van der Waals surface area contributed by atoms with Gasteiger partial charge in [-0.2, -0.15) is 0 Å². The normalized spacial score (nSPS) is 10.3. The summed E-state index contributed by atoms with van der Waals surface area (Å²) in [5.74, 6) is 0. The van der Waals surface area contributed by atoms with Gasteiger partial charge in [0.15, 0.2) is 0 Å². The number of rotatable bonds is 5. The van der Waals surface area contributed by atoms with Crippen molar-refractivity contribution in [1.82, 2.24) is 0 Å². The molecule has 2 aromatic carbocycles. The van der Waals surface area contributed by atoms with E-state index in [1.165, 1.54) is 16.8 Å². The lowest BCUT2D eigenvalue weighted by Crippen LogP contribution is -2.21. The fourth-order valence-electron chi connectivity index (χ4n) is 2.10. The molecule has 94 valence electrons. The summed E-state index contributed by atoms with van der Waals surface area (Å²) in [4.78, 5) is 2.36. The van der Waals surface area contributed by atoms with Crippen molar-refractivity contribution in [3.05, 3.63) is 65.7 Å². The highest BCUT2D eigenvalue weighted by Crippen LogP contribution is 2.16. The Labute approximate surface area is 109 Å². The van der Waals surface area contributed by atoms with Gasteiger partial charge in [-0.3, -0.25) is 0 Å². The van der Waals surface area contributed by atoms with Gasteiger partial charge in [0.1, 0.15) is 0 Å². The fourth-order valence-corrected chi connectivity index (χ4v) is 2.10. The van der Waals surface area contributed by atoms with E-state index in [9.17, 15) is 0 Å². The number of benzene rings is 2. The molecule has 0 aromatic heterocycles. The van der Waals surface area contributed by atoms with E-state index in [1.54, 1.807) is 0 Å². The van der Waals surface area contributed by atoms with Gasteiger partial charge in [0, 0.05) is 25.3 Å². The van der Waals surface area contributed by atoms with Gasteiger partial charge in [0.2, 0.25) is 0 Å². The standard InChI is InChI=1S/C16H20N2/c1-2-18(16-9-4-3-5-10-16)13-15-8-6-7-14(11-15)12-17/h3-11H,2,12-13,17H2,1H3. The Morgan fingerprint density at radius 2 is 1.67 bits per heavy atom. The summed E-state index contributed by atoms with van der Waals surface area (Å²) in [5, 5.41) is 0. The smallest absolute Gasteiger partial charge is 0.0429 e. The van der Waals surface area contributed by atoms with E-state index in [0.29, 0.717) is 6.54 Å². The maximum absolute atomic E-state index is 5.68. The van der Waals surface area contributed by atoms with E-state index >= 15 is 0 Å². The average Bonchev–Trinajstić information content (AvgIpc) is 2.46. The Balaban J connectivity index is 2.15. The third kappa shape index (κ3) is 3.11. The molecular formula is C16H20N2. The third-order valence-electron chi connectivity index (χ3n) is 3.10. The van der Waals surface area contributed by atoms with E-state index in [0.717, 1.165) is 13.1 Å². The number of hydrogen-bond acceptors (Lipinski definition) is 2. The maximum Gasteiger partial charge on any atom is 0.0429 e. The minimum atomic E-state index is 0.602. The quantitative estimate of drug-likeness (QED) is 0.869. The van der Waals surface area contributed by atoms with E-state index in [2.05, 4.69) is 60.4 Å². The number of nitrogens with zero attached hydrogens (tertiary/aromatic N) is 1. The lowest BCUT2D eigenvalue weighted by molar-refractivity contribution is 0.830. The van der Waals surface area contributed by atoms with Crippen molar-refractivity contribution in [2.45, 2.75) is 20.0 Å². The van der Waals surface area contributed by atoms with Crippen LogP contribution in [0.4, 0.5) is 5.69 Å². The number of hydrogen-bond donors (Lipinski definition) is 1. The largest absolute Gasteiger partial charge is 0.367 e. The summed E-state index contributed by atoms with van der Waals surface area (Å²) < 4.78 is 0. The minimum absolute atomic E-state index is 0.602. The van der Waals surface area contributed by atoms with Gasteiger partial charge in [-0.05, 0) is 30.2 Å². The number of anilines is 1. The van der Waals surface area contributed by atoms with Gasteiger partial charge in [0.25, 0.3) is 0 Å². The molecule has 0 spiro atoms.